The molecule has 0 aliphatic carbocycles. The van der Waals surface area contributed by atoms with E-state index in [-0.39, 0.29) is 6.09 Å². The van der Waals surface area contributed by atoms with E-state index >= 15 is 0 Å². The first kappa shape index (κ1) is 11.3. The minimum Gasteiger partial charge on any atom is -0.409 e. The second-order valence-corrected chi connectivity index (χ2v) is 4.25. The van der Waals surface area contributed by atoms with Crippen molar-refractivity contribution in [2.24, 2.45) is 0 Å². The summed E-state index contributed by atoms with van der Waals surface area (Å²) >= 11 is 5.91. The number of carbonyl (C=O) groups excluding carboxylic acids is 1. The van der Waals surface area contributed by atoms with Gasteiger partial charge in [0.2, 0.25) is 0 Å². The van der Waals surface area contributed by atoms with Crippen LogP contribution in [0.15, 0.2) is 24.3 Å². The number of ether oxygens (including phenoxy) is 1. The summed E-state index contributed by atoms with van der Waals surface area (Å²) in [6, 6.07) is 7.01. The molecule has 1 amide bonds. The van der Waals surface area contributed by atoms with Crippen molar-refractivity contribution in [3.05, 3.63) is 29.3 Å². The minimum absolute atomic E-state index is 0.298. The lowest BCUT2D eigenvalue weighted by molar-refractivity contribution is 0.142. The SMILES string of the molecule is O=C(Oc1ccccc1Cl)N1CCCCC1. The van der Waals surface area contributed by atoms with Gasteiger partial charge >= 0.3 is 6.09 Å². The quantitative estimate of drug-likeness (QED) is 0.752. The van der Waals surface area contributed by atoms with Crippen molar-refractivity contribution in [1.82, 2.24) is 4.90 Å². The molecule has 1 fully saturated rings. The second-order valence-electron chi connectivity index (χ2n) is 3.85. The Hall–Kier alpha value is -1.22. The van der Waals surface area contributed by atoms with Gasteiger partial charge in [-0.1, -0.05) is 23.7 Å². The van der Waals surface area contributed by atoms with E-state index in [1.807, 2.05) is 0 Å². The maximum Gasteiger partial charge on any atom is 0.415 e. The fraction of sp³-hybridized carbons (Fsp3) is 0.417. The maximum atomic E-state index is 11.8. The van der Waals surface area contributed by atoms with E-state index < -0.39 is 0 Å². The van der Waals surface area contributed by atoms with Crippen LogP contribution in [-0.4, -0.2) is 24.1 Å². The number of halogens is 1. The summed E-state index contributed by atoms with van der Waals surface area (Å²) in [5.74, 6) is 0.430. The van der Waals surface area contributed by atoms with E-state index in [2.05, 4.69) is 0 Å². The lowest BCUT2D eigenvalue weighted by Crippen LogP contribution is -2.37. The molecule has 2 rings (SSSR count). The highest BCUT2D eigenvalue weighted by Crippen LogP contribution is 2.24. The zero-order chi connectivity index (χ0) is 11.4. The molecule has 1 saturated heterocycles. The highest BCUT2D eigenvalue weighted by atomic mass is 35.5. The number of benzene rings is 1. The third kappa shape index (κ3) is 2.67. The molecule has 16 heavy (non-hydrogen) atoms. The molecule has 0 aromatic heterocycles. The Bertz CT molecular complexity index is 375. The van der Waals surface area contributed by atoms with E-state index in [4.69, 9.17) is 16.3 Å². The summed E-state index contributed by atoms with van der Waals surface area (Å²) < 4.78 is 5.24. The molecule has 0 unspecified atom stereocenters. The van der Waals surface area contributed by atoms with E-state index in [9.17, 15) is 4.79 Å². The second kappa shape index (κ2) is 5.21. The molecular formula is C12H14ClNO2. The lowest BCUT2D eigenvalue weighted by atomic mass is 10.1. The standard InChI is InChI=1S/C12H14ClNO2/c13-10-6-2-3-7-11(10)16-12(15)14-8-4-1-5-9-14/h2-3,6-7H,1,4-5,8-9H2. The number of piperidine rings is 1. The summed E-state index contributed by atoms with van der Waals surface area (Å²) in [5, 5.41) is 0.466. The zero-order valence-electron chi connectivity index (χ0n) is 8.99. The van der Waals surface area contributed by atoms with Crippen molar-refractivity contribution in [1.29, 1.82) is 0 Å². The van der Waals surface area contributed by atoms with Crippen LogP contribution >= 0.6 is 11.6 Å². The van der Waals surface area contributed by atoms with Crippen molar-refractivity contribution in [3.8, 4) is 5.75 Å². The Labute approximate surface area is 100.0 Å². The molecule has 4 heteroatoms. The molecule has 0 radical (unpaired) electrons. The summed E-state index contributed by atoms with van der Waals surface area (Å²) in [5.41, 5.74) is 0. The number of nitrogens with zero attached hydrogens (tertiary/aromatic N) is 1. The summed E-state index contributed by atoms with van der Waals surface area (Å²) in [4.78, 5) is 13.5. The third-order valence-corrected chi connectivity index (χ3v) is 2.96. The molecule has 1 aliphatic heterocycles. The third-order valence-electron chi connectivity index (χ3n) is 2.65. The van der Waals surface area contributed by atoms with Gasteiger partial charge in [-0.25, -0.2) is 4.79 Å². The van der Waals surface area contributed by atoms with Crippen molar-refractivity contribution < 1.29 is 9.53 Å². The van der Waals surface area contributed by atoms with Crippen LogP contribution in [0.2, 0.25) is 5.02 Å². The predicted molar refractivity (Wildman–Crippen MR) is 62.9 cm³/mol. The average Bonchev–Trinajstić information content (AvgIpc) is 2.33. The van der Waals surface area contributed by atoms with Gasteiger partial charge in [-0.15, -0.1) is 0 Å². The van der Waals surface area contributed by atoms with Crippen LogP contribution in [0.4, 0.5) is 4.79 Å². The Balaban J connectivity index is 1.99. The molecule has 3 nitrogen and oxygen atoms in total. The summed E-state index contributed by atoms with van der Waals surface area (Å²) in [6.07, 6.45) is 3.00. The predicted octanol–water partition coefficient (Wildman–Crippen LogP) is 3.32. The van der Waals surface area contributed by atoms with Gasteiger partial charge in [0.25, 0.3) is 0 Å². The maximum absolute atomic E-state index is 11.8. The fourth-order valence-electron chi connectivity index (χ4n) is 1.76. The zero-order valence-corrected chi connectivity index (χ0v) is 9.74. The molecule has 1 aliphatic rings. The largest absolute Gasteiger partial charge is 0.415 e. The first-order valence-electron chi connectivity index (χ1n) is 5.48. The molecule has 1 heterocycles. The Kier molecular flexibility index (Phi) is 3.67. The van der Waals surface area contributed by atoms with Gasteiger partial charge in [-0.3, -0.25) is 0 Å². The molecular weight excluding hydrogens is 226 g/mol. The molecule has 0 atom stereocenters. The van der Waals surface area contributed by atoms with Gasteiger partial charge in [-0.05, 0) is 31.4 Å². The van der Waals surface area contributed by atoms with Gasteiger partial charge < -0.3 is 9.64 Å². The van der Waals surface area contributed by atoms with Gasteiger partial charge in [0.1, 0.15) is 0 Å². The fourth-order valence-corrected chi connectivity index (χ4v) is 1.94. The molecule has 1 aromatic rings. The number of carbonyl (C=O) groups is 1. The van der Waals surface area contributed by atoms with Gasteiger partial charge in [0.15, 0.2) is 5.75 Å². The van der Waals surface area contributed by atoms with E-state index in [0.717, 1.165) is 25.9 Å². The van der Waals surface area contributed by atoms with Crippen molar-refractivity contribution in [2.75, 3.05) is 13.1 Å². The van der Waals surface area contributed by atoms with E-state index in [1.54, 1.807) is 29.2 Å². The lowest BCUT2D eigenvalue weighted by Gasteiger charge is -2.25. The molecule has 0 bridgehead atoms. The number of rotatable bonds is 1. The first-order chi connectivity index (χ1) is 7.77. The Morgan fingerprint density at radius 1 is 1.19 bits per heavy atom. The molecule has 1 aromatic carbocycles. The average molecular weight is 240 g/mol. The van der Waals surface area contributed by atoms with Crippen molar-refractivity contribution >= 4 is 17.7 Å². The first-order valence-corrected chi connectivity index (χ1v) is 5.86. The highest BCUT2D eigenvalue weighted by Gasteiger charge is 2.18. The van der Waals surface area contributed by atoms with Crippen LogP contribution in [0.1, 0.15) is 19.3 Å². The Morgan fingerprint density at radius 3 is 2.56 bits per heavy atom. The summed E-state index contributed by atoms with van der Waals surface area (Å²) in [6.45, 7) is 1.56. The number of amides is 1. The van der Waals surface area contributed by atoms with Gasteiger partial charge in [-0.2, -0.15) is 0 Å². The minimum atomic E-state index is -0.298. The number of hydrogen-bond acceptors (Lipinski definition) is 2. The van der Waals surface area contributed by atoms with Crippen LogP contribution in [0.5, 0.6) is 5.75 Å². The van der Waals surface area contributed by atoms with E-state index in [1.165, 1.54) is 6.42 Å². The van der Waals surface area contributed by atoms with Crippen molar-refractivity contribution in [2.45, 2.75) is 19.3 Å². The molecule has 0 spiro atoms. The van der Waals surface area contributed by atoms with Crippen molar-refractivity contribution in [3.63, 3.8) is 0 Å². The monoisotopic (exact) mass is 239 g/mol. The Morgan fingerprint density at radius 2 is 1.88 bits per heavy atom. The molecule has 0 N–H and O–H groups in total. The summed E-state index contributed by atoms with van der Waals surface area (Å²) in [7, 11) is 0. The van der Waals surface area contributed by atoms with Crippen LogP contribution in [0, 0.1) is 0 Å². The van der Waals surface area contributed by atoms with Gasteiger partial charge in [0, 0.05) is 13.1 Å². The van der Waals surface area contributed by atoms with Crippen LogP contribution < -0.4 is 4.74 Å². The number of hydrogen-bond donors (Lipinski definition) is 0. The number of likely N-dealkylation sites (tertiary alicyclic amines) is 1. The highest BCUT2D eigenvalue weighted by molar-refractivity contribution is 6.32. The van der Waals surface area contributed by atoms with Crippen LogP contribution in [0.3, 0.4) is 0 Å². The molecule has 0 saturated carbocycles. The molecule has 86 valence electrons. The van der Waals surface area contributed by atoms with Crippen LogP contribution in [-0.2, 0) is 0 Å². The normalized spacial score (nSPS) is 15.9. The number of para-hydroxylation sites is 1. The topological polar surface area (TPSA) is 29.5 Å². The van der Waals surface area contributed by atoms with E-state index in [0.29, 0.717) is 10.8 Å². The smallest absolute Gasteiger partial charge is 0.409 e. The van der Waals surface area contributed by atoms with Gasteiger partial charge in [0.05, 0.1) is 5.02 Å². The van der Waals surface area contributed by atoms with Crippen LogP contribution in [0.25, 0.3) is 0 Å².